The molecule has 0 fully saturated rings. The van der Waals surface area contributed by atoms with Crippen LogP contribution < -0.4 is 10.3 Å². The average molecular weight is 430 g/mol. The monoisotopic (exact) mass is 430 g/mol. The Morgan fingerprint density at radius 3 is 2.81 bits per heavy atom. The number of terminal acetylenes is 1. The fourth-order valence-corrected chi connectivity index (χ4v) is 4.76. The summed E-state index contributed by atoms with van der Waals surface area (Å²) in [6, 6.07) is 7.35. The number of fused-ring (bicyclic) bond motifs is 5. The number of benzene rings is 1. The van der Waals surface area contributed by atoms with Crippen molar-refractivity contribution in [2.75, 3.05) is 6.61 Å². The zero-order valence-electron chi connectivity index (χ0n) is 17.9. The molecular formula is C25H22N2O5. The summed E-state index contributed by atoms with van der Waals surface area (Å²) < 4.78 is 12.4. The van der Waals surface area contributed by atoms with Crippen molar-refractivity contribution in [3.8, 4) is 29.5 Å². The van der Waals surface area contributed by atoms with E-state index in [0.29, 0.717) is 34.8 Å². The Kier molecular flexibility index (Phi) is 4.57. The van der Waals surface area contributed by atoms with Crippen LogP contribution in [0.1, 0.15) is 42.5 Å². The zero-order chi connectivity index (χ0) is 22.6. The van der Waals surface area contributed by atoms with Crippen LogP contribution in [0.2, 0.25) is 0 Å². The third-order valence-electron chi connectivity index (χ3n) is 6.45. The van der Waals surface area contributed by atoms with Gasteiger partial charge in [0, 0.05) is 16.5 Å². The van der Waals surface area contributed by atoms with E-state index in [1.165, 1.54) is 0 Å². The quantitative estimate of drug-likeness (QED) is 0.395. The smallest absolute Gasteiger partial charge is 0.343 e. The van der Waals surface area contributed by atoms with Crippen molar-refractivity contribution in [3.05, 3.63) is 56.9 Å². The molecule has 0 spiro atoms. The lowest BCUT2D eigenvalue weighted by Crippen LogP contribution is -2.44. The Labute approximate surface area is 184 Å². The number of ether oxygens (including phenoxy) is 2. The highest BCUT2D eigenvalue weighted by Crippen LogP contribution is 2.40. The van der Waals surface area contributed by atoms with Crippen molar-refractivity contribution in [2.45, 2.75) is 45.4 Å². The van der Waals surface area contributed by atoms with Crippen LogP contribution in [0.25, 0.3) is 22.3 Å². The Bertz CT molecular complexity index is 1400. The van der Waals surface area contributed by atoms with E-state index in [0.717, 1.165) is 28.5 Å². The minimum absolute atomic E-state index is 0.111. The Balaban J connectivity index is 1.75. The summed E-state index contributed by atoms with van der Waals surface area (Å²) in [5.74, 6) is 2.40. The maximum atomic E-state index is 13.3. The molecule has 0 saturated carbocycles. The molecule has 1 N–H and O–H groups in total. The number of hydrogen-bond acceptors (Lipinski definition) is 6. The number of esters is 1. The first-order valence-corrected chi connectivity index (χ1v) is 10.6. The number of carbonyl (C=O) groups is 1. The van der Waals surface area contributed by atoms with Gasteiger partial charge in [0.15, 0.2) is 5.60 Å². The van der Waals surface area contributed by atoms with Crippen molar-refractivity contribution in [2.24, 2.45) is 0 Å². The molecule has 0 unspecified atom stereocenters. The second kappa shape index (κ2) is 7.21. The van der Waals surface area contributed by atoms with Gasteiger partial charge in [-0.25, -0.2) is 9.78 Å². The molecular weight excluding hydrogens is 408 g/mol. The molecule has 2 aromatic heterocycles. The van der Waals surface area contributed by atoms with Crippen LogP contribution in [0, 0.1) is 12.3 Å². The number of rotatable bonds is 4. The second-order valence-electron chi connectivity index (χ2n) is 8.05. The third kappa shape index (κ3) is 2.69. The van der Waals surface area contributed by atoms with Crippen molar-refractivity contribution >= 4 is 16.9 Å². The van der Waals surface area contributed by atoms with E-state index in [9.17, 15) is 14.7 Å². The number of aliphatic hydroxyl groups is 1. The molecule has 1 atom stereocenters. The largest absolute Gasteiger partial charge is 0.481 e. The van der Waals surface area contributed by atoms with Crippen LogP contribution in [-0.4, -0.2) is 27.2 Å². The van der Waals surface area contributed by atoms with Crippen LogP contribution in [-0.2, 0) is 34.7 Å². The maximum absolute atomic E-state index is 13.3. The van der Waals surface area contributed by atoms with Crippen LogP contribution >= 0.6 is 0 Å². The van der Waals surface area contributed by atoms with Crippen molar-refractivity contribution < 1.29 is 19.4 Å². The number of hydrogen-bond donors (Lipinski definition) is 1. The normalized spacial score (nSPS) is 18.5. The molecule has 162 valence electrons. The molecule has 0 bridgehead atoms. The molecule has 3 aromatic rings. The molecule has 5 rings (SSSR count). The highest BCUT2D eigenvalue weighted by Gasteiger charge is 2.45. The molecule has 7 heteroatoms. The predicted octanol–water partition coefficient (Wildman–Crippen LogP) is 2.65. The predicted molar refractivity (Wildman–Crippen MR) is 118 cm³/mol. The van der Waals surface area contributed by atoms with Crippen LogP contribution in [0.5, 0.6) is 5.75 Å². The van der Waals surface area contributed by atoms with Crippen molar-refractivity contribution in [1.82, 2.24) is 9.55 Å². The standard InChI is InChI=1S/C25H22N2O5/c1-4-9-31-14-7-8-20-16(10-14)15(5-2)17-12-27-21(22(17)26-20)11-19-18(23(27)28)13-32-24(29)25(19,30)6-3/h1,7-8,10-11,30H,5-6,9,12-13H2,2-3H3/t25-/m0/s1. The van der Waals surface area contributed by atoms with E-state index in [1.54, 1.807) is 17.6 Å². The Morgan fingerprint density at radius 1 is 1.28 bits per heavy atom. The SMILES string of the molecule is C#CCOc1ccc2nc3c(c(CC)c2c1)Cn1c-3cc2c(c1=O)COC(=O)[C@]2(O)CC. The van der Waals surface area contributed by atoms with Gasteiger partial charge >= 0.3 is 5.97 Å². The van der Waals surface area contributed by atoms with E-state index in [2.05, 4.69) is 12.8 Å². The summed E-state index contributed by atoms with van der Waals surface area (Å²) in [6.07, 6.45) is 6.15. The molecule has 7 nitrogen and oxygen atoms in total. The summed E-state index contributed by atoms with van der Waals surface area (Å²) in [4.78, 5) is 30.5. The highest BCUT2D eigenvalue weighted by atomic mass is 16.6. The Morgan fingerprint density at radius 2 is 2.09 bits per heavy atom. The minimum Gasteiger partial charge on any atom is -0.481 e. The van der Waals surface area contributed by atoms with Crippen LogP contribution in [0.15, 0.2) is 29.1 Å². The minimum atomic E-state index is -1.83. The number of cyclic esters (lactones) is 1. The number of aromatic nitrogens is 2. The molecule has 0 saturated heterocycles. The molecule has 0 radical (unpaired) electrons. The number of pyridine rings is 2. The summed E-state index contributed by atoms with van der Waals surface area (Å²) in [6.45, 7) is 4.16. The van der Waals surface area contributed by atoms with Gasteiger partial charge in [0.2, 0.25) is 0 Å². The zero-order valence-corrected chi connectivity index (χ0v) is 17.9. The fourth-order valence-electron chi connectivity index (χ4n) is 4.76. The second-order valence-corrected chi connectivity index (χ2v) is 8.05. The van der Waals surface area contributed by atoms with Gasteiger partial charge in [-0.05, 0) is 42.7 Å². The summed E-state index contributed by atoms with van der Waals surface area (Å²) in [7, 11) is 0. The first kappa shape index (κ1) is 20.3. The molecule has 0 amide bonds. The van der Waals surface area contributed by atoms with Gasteiger partial charge in [-0.15, -0.1) is 6.42 Å². The first-order valence-electron chi connectivity index (χ1n) is 10.6. The van der Waals surface area contributed by atoms with Crippen molar-refractivity contribution in [3.63, 3.8) is 0 Å². The maximum Gasteiger partial charge on any atom is 0.343 e. The van der Waals surface area contributed by atoms with Gasteiger partial charge in [-0.3, -0.25) is 4.79 Å². The third-order valence-corrected chi connectivity index (χ3v) is 6.45. The lowest BCUT2D eigenvalue weighted by atomic mass is 9.86. The highest BCUT2D eigenvalue weighted by molar-refractivity contribution is 5.90. The summed E-state index contributed by atoms with van der Waals surface area (Å²) in [5, 5.41) is 12.0. The topological polar surface area (TPSA) is 90.7 Å². The molecule has 32 heavy (non-hydrogen) atoms. The van der Waals surface area contributed by atoms with E-state index in [4.69, 9.17) is 20.9 Å². The molecule has 1 aromatic carbocycles. The number of nitrogens with zero attached hydrogens (tertiary/aromatic N) is 2. The van der Waals surface area contributed by atoms with E-state index < -0.39 is 11.6 Å². The van der Waals surface area contributed by atoms with Crippen molar-refractivity contribution in [1.29, 1.82) is 0 Å². The molecule has 2 aliphatic rings. The van der Waals surface area contributed by atoms with E-state index in [-0.39, 0.29) is 25.2 Å². The Hall–Kier alpha value is -3.63. The lowest BCUT2D eigenvalue weighted by molar-refractivity contribution is -0.172. The average Bonchev–Trinajstić information content (AvgIpc) is 3.17. The van der Waals surface area contributed by atoms with Gasteiger partial charge < -0.3 is 19.1 Å². The summed E-state index contributed by atoms with van der Waals surface area (Å²) in [5.41, 5.74) is 2.65. The van der Waals surface area contributed by atoms with Gasteiger partial charge in [-0.2, -0.15) is 0 Å². The van der Waals surface area contributed by atoms with Gasteiger partial charge in [0.25, 0.3) is 5.56 Å². The van der Waals surface area contributed by atoms with E-state index in [1.807, 2.05) is 18.2 Å². The van der Waals surface area contributed by atoms with E-state index >= 15 is 0 Å². The molecule has 2 aliphatic heterocycles. The lowest BCUT2D eigenvalue weighted by Gasteiger charge is -2.31. The van der Waals surface area contributed by atoms with Crippen LogP contribution in [0.3, 0.4) is 0 Å². The molecule has 4 heterocycles. The first-order chi connectivity index (χ1) is 15.4. The fraction of sp³-hybridized carbons (Fsp3) is 0.320. The number of aryl methyl sites for hydroxylation is 1. The van der Waals surface area contributed by atoms with Gasteiger partial charge in [0.05, 0.1) is 29.0 Å². The number of carbonyl (C=O) groups excluding carboxylic acids is 1. The van der Waals surface area contributed by atoms with Gasteiger partial charge in [0.1, 0.15) is 19.0 Å². The molecule has 0 aliphatic carbocycles. The summed E-state index contributed by atoms with van der Waals surface area (Å²) >= 11 is 0. The van der Waals surface area contributed by atoms with Crippen LogP contribution in [0.4, 0.5) is 0 Å². The van der Waals surface area contributed by atoms with Gasteiger partial charge in [-0.1, -0.05) is 19.8 Å².